The minimum atomic E-state index is -0.549. The summed E-state index contributed by atoms with van der Waals surface area (Å²) in [6.45, 7) is 2.04. The molecule has 0 aliphatic rings. The number of nitrogens with zero attached hydrogens (tertiary/aromatic N) is 2. The number of aryl methyl sites for hydroxylation is 1. The highest BCUT2D eigenvalue weighted by Gasteiger charge is 2.13. The molecule has 0 fully saturated rings. The van der Waals surface area contributed by atoms with E-state index in [4.69, 9.17) is 15.0 Å². The van der Waals surface area contributed by atoms with E-state index in [9.17, 15) is 4.79 Å². The van der Waals surface area contributed by atoms with Gasteiger partial charge in [-0.15, -0.1) is 0 Å². The van der Waals surface area contributed by atoms with Gasteiger partial charge < -0.3 is 15.0 Å². The summed E-state index contributed by atoms with van der Waals surface area (Å²) in [5, 5.41) is 3.96. The number of hydrogen-bond acceptors (Lipinski definition) is 5. The lowest BCUT2D eigenvalue weighted by Gasteiger charge is -2.06. The minimum absolute atomic E-state index is 0.0587. The molecule has 0 saturated heterocycles. The summed E-state index contributed by atoms with van der Waals surface area (Å²) >= 11 is 0. The number of primary amides is 1. The van der Waals surface area contributed by atoms with Crippen molar-refractivity contribution in [3.63, 3.8) is 0 Å². The van der Waals surface area contributed by atoms with Crippen molar-refractivity contribution >= 4 is 5.91 Å². The number of rotatable bonds is 5. The summed E-state index contributed by atoms with van der Waals surface area (Å²) in [5.74, 6) is 0.662. The number of ether oxygens (including phenoxy) is 1. The average molecular weight is 309 g/mol. The largest absolute Gasteiger partial charge is 0.483 e. The van der Waals surface area contributed by atoms with Crippen LogP contribution in [0.15, 0.2) is 53.1 Å². The number of benzene rings is 2. The Morgan fingerprint density at radius 2 is 1.91 bits per heavy atom. The molecule has 0 bridgehead atoms. The molecule has 2 aromatic carbocycles. The molecule has 3 aromatic rings. The maximum absolute atomic E-state index is 11.4. The Bertz CT molecular complexity index is 842. The van der Waals surface area contributed by atoms with Gasteiger partial charge in [-0.1, -0.05) is 41.6 Å². The highest BCUT2D eigenvalue weighted by atomic mass is 16.5. The Morgan fingerprint density at radius 3 is 2.70 bits per heavy atom. The number of para-hydroxylation sites is 1. The van der Waals surface area contributed by atoms with Gasteiger partial charge in [0.05, 0.1) is 5.56 Å². The molecule has 1 heterocycles. The Morgan fingerprint density at radius 1 is 1.17 bits per heavy atom. The number of carbonyl (C=O) groups excluding carboxylic acids is 1. The summed E-state index contributed by atoms with van der Waals surface area (Å²) in [6, 6.07) is 14.5. The van der Waals surface area contributed by atoms with Gasteiger partial charge in [-0.25, -0.2) is 0 Å². The molecule has 0 unspecified atom stereocenters. The first kappa shape index (κ1) is 14.8. The predicted molar refractivity (Wildman–Crippen MR) is 83.8 cm³/mol. The molecule has 1 aromatic heterocycles. The molecular weight excluding hydrogens is 294 g/mol. The Labute approximate surface area is 132 Å². The van der Waals surface area contributed by atoms with Crippen molar-refractivity contribution in [2.24, 2.45) is 5.73 Å². The minimum Gasteiger partial charge on any atom is -0.483 e. The molecule has 116 valence electrons. The van der Waals surface area contributed by atoms with E-state index in [1.54, 1.807) is 24.3 Å². The van der Waals surface area contributed by atoms with E-state index < -0.39 is 5.91 Å². The third-order valence-electron chi connectivity index (χ3n) is 3.36. The van der Waals surface area contributed by atoms with Crippen LogP contribution in [0.25, 0.3) is 11.4 Å². The van der Waals surface area contributed by atoms with Gasteiger partial charge in [0.1, 0.15) is 5.75 Å². The van der Waals surface area contributed by atoms with Crippen molar-refractivity contribution in [1.82, 2.24) is 10.1 Å². The molecule has 0 spiro atoms. The first-order valence-electron chi connectivity index (χ1n) is 7.05. The second kappa shape index (κ2) is 6.31. The van der Waals surface area contributed by atoms with E-state index in [-0.39, 0.29) is 6.61 Å². The summed E-state index contributed by atoms with van der Waals surface area (Å²) in [5.41, 5.74) is 7.58. The van der Waals surface area contributed by atoms with Crippen molar-refractivity contribution in [2.75, 3.05) is 0 Å². The summed E-state index contributed by atoms with van der Waals surface area (Å²) in [4.78, 5) is 15.7. The summed E-state index contributed by atoms with van der Waals surface area (Å²) in [6.07, 6.45) is 0. The molecule has 6 nitrogen and oxygen atoms in total. The number of aromatic nitrogens is 2. The molecule has 3 rings (SSSR count). The first-order chi connectivity index (χ1) is 11.1. The quantitative estimate of drug-likeness (QED) is 0.782. The maximum Gasteiger partial charge on any atom is 0.264 e. The highest BCUT2D eigenvalue weighted by Crippen LogP contribution is 2.21. The predicted octanol–water partition coefficient (Wildman–Crippen LogP) is 2.72. The smallest absolute Gasteiger partial charge is 0.264 e. The SMILES string of the molecule is Cc1ccccc1-c1noc(COc2ccccc2C(N)=O)n1. The molecule has 1 amide bonds. The zero-order valence-electron chi connectivity index (χ0n) is 12.5. The van der Waals surface area contributed by atoms with Gasteiger partial charge >= 0.3 is 0 Å². The van der Waals surface area contributed by atoms with Crippen LogP contribution in [0.2, 0.25) is 0 Å². The average Bonchev–Trinajstić information content (AvgIpc) is 3.02. The van der Waals surface area contributed by atoms with Crippen molar-refractivity contribution in [1.29, 1.82) is 0 Å². The van der Waals surface area contributed by atoms with Gasteiger partial charge in [-0.3, -0.25) is 4.79 Å². The van der Waals surface area contributed by atoms with E-state index in [1.165, 1.54) is 0 Å². The molecule has 6 heteroatoms. The number of carbonyl (C=O) groups is 1. The van der Waals surface area contributed by atoms with Gasteiger partial charge in [0.2, 0.25) is 5.82 Å². The fourth-order valence-electron chi connectivity index (χ4n) is 2.18. The van der Waals surface area contributed by atoms with E-state index in [0.29, 0.717) is 23.0 Å². The van der Waals surface area contributed by atoms with Crippen LogP contribution in [0.4, 0.5) is 0 Å². The molecular formula is C17H15N3O3. The summed E-state index contributed by atoms with van der Waals surface area (Å²) < 4.78 is 10.8. The Balaban J connectivity index is 1.76. The van der Waals surface area contributed by atoms with E-state index in [1.807, 2.05) is 31.2 Å². The first-order valence-corrected chi connectivity index (χ1v) is 7.05. The van der Waals surface area contributed by atoms with Crippen LogP contribution in [-0.4, -0.2) is 16.0 Å². The van der Waals surface area contributed by atoms with E-state index >= 15 is 0 Å². The normalized spacial score (nSPS) is 10.5. The third kappa shape index (κ3) is 3.21. The number of nitrogens with two attached hydrogens (primary N) is 1. The molecule has 0 aliphatic carbocycles. The lowest BCUT2D eigenvalue weighted by molar-refractivity contribution is 0.0995. The van der Waals surface area contributed by atoms with E-state index in [2.05, 4.69) is 10.1 Å². The van der Waals surface area contributed by atoms with Crippen LogP contribution in [0.5, 0.6) is 5.75 Å². The van der Waals surface area contributed by atoms with Crippen LogP contribution in [-0.2, 0) is 6.61 Å². The fourth-order valence-corrected chi connectivity index (χ4v) is 2.18. The van der Waals surface area contributed by atoms with Gasteiger partial charge in [0.25, 0.3) is 11.8 Å². The molecule has 0 aliphatic heterocycles. The topological polar surface area (TPSA) is 91.2 Å². The zero-order chi connectivity index (χ0) is 16.2. The van der Waals surface area contributed by atoms with Crippen LogP contribution in [0.1, 0.15) is 21.8 Å². The second-order valence-corrected chi connectivity index (χ2v) is 4.98. The maximum atomic E-state index is 11.4. The second-order valence-electron chi connectivity index (χ2n) is 4.98. The lowest BCUT2D eigenvalue weighted by Crippen LogP contribution is -2.12. The van der Waals surface area contributed by atoms with Crippen LogP contribution < -0.4 is 10.5 Å². The molecule has 0 saturated carbocycles. The van der Waals surface area contributed by atoms with Crippen LogP contribution in [0.3, 0.4) is 0 Å². The van der Waals surface area contributed by atoms with Crippen molar-refractivity contribution in [3.05, 3.63) is 65.5 Å². The standard InChI is InChI=1S/C17H15N3O3/c1-11-6-2-3-7-12(11)17-19-15(23-20-17)10-22-14-9-5-4-8-13(14)16(18)21/h2-9H,10H2,1H3,(H2,18,21). The van der Waals surface area contributed by atoms with Crippen LogP contribution >= 0.6 is 0 Å². The van der Waals surface area contributed by atoms with Crippen molar-refractivity contribution in [2.45, 2.75) is 13.5 Å². The van der Waals surface area contributed by atoms with Gasteiger partial charge in [0, 0.05) is 5.56 Å². The summed E-state index contributed by atoms with van der Waals surface area (Å²) in [7, 11) is 0. The van der Waals surface area contributed by atoms with Gasteiger partial charge in [-0.05, 0) is 24.6 Å². The zero-order valence-corrected chi connectivity index (χ0v) is 12.5. The highest BCUT2D eigenvalue weighted by molar-refractivity contribution is 5.95. The Hall–Kier alpha value is -3.15. The van der Waals surface area contributed by atoms with Crippen molar-refractivity contribution < 1.29 is 14.1 Å². The van der Waals surface area contributed by atoms with E-state index in [0.717, 1.165) is 11.1 Å². The van der Waals surface area contributed by atoms with Gasteiger partial charge in [0.15, 0.2) is 6.61 Å². The fraction of sp³-hybridized carbons (Fsp3) is 0.118. The van der Waals surface area contributed by atoms with Crippen LogP contribution in [0, 0.1) is 6.92 Å². The molecule has 0 radical (unpaired) electrons. The molecule has 23 heavy (non-hydrogen) atoms. The monoisotopic (exact) mass is 309 g/mol. The molecule has 2 N–H and O–H groups in total. The van der Waals surface area contributed by atoms with Gasteiger partial charge in [-0.2, -0.15) is 4.98 Å². The number of amides is 1. The lowest BCUT2D eigenvalue weighted by atomic mass is 10.1. The third-order valence-corrected chi connectivity index (χ3v) is 3.36. The molecule has 0 atom stereocenters. The number of hydrogen-bond donors (Lipinski definition) is 1. The Kier molecular flexibility index (Phi) is 4.05. The van der Waals surface area contributed by atoms with Crippen molar-refractivity contribution in [3.8, 4) is 17.1 Å².